The van der Waals surface area contributed by atoms with Crippen LogP contribution in [0.2, 0.25) is 0 Å². The van der Waals surface area contributed by atoms with Crippen LogP contribution in [0.1, 0.15) is 12.5 Å². The molecule has 0 saturated carbocycles. The van der Waals surface area contributed by atoms with Crippen LogP contribution in [-0.4, -0.2) is 60.1 Å². The minimum absolute atomic E-state index is 0.0708. The van der Waals surface area contributed by atoms with E-state index >= 15 is 0 Å². The van der Waals surface area contributed by atoms with E-state index in [1.807, 2.05) is 0 Å². The van der Waals surface area contributed by atoms with Crippen molar-refractivity contribution in [3.8, 4) is 0 Å². The highest BCUT2D eigenvalue weighted by Gasteiger charge is 2.74. The van der Waals surface area contributed by atoms with Crippen molar-refractivity contribution >= 4 is 23.4 Å². The van der Waals surface area contributed by atoms with Crippen LogP contribution in [0, 0.1) is 17.7 Å². The standard InChI is InChI=1S/C18H20FN3O5/c1-8(23)14-12-13(16(25)22(15(12)24)5-6-27-2)18(21-14)10-7-9(19)3-4-11(10)20-17(18)26/h3-4,7-8,12-14,21,23H,5-6H2,1-2H3,(H,20,26)/p+1/t8-,12-,13-,14-,18-/m0/s1. The molecule has 1 aromatic carbocycles. The Labute approximate surface area is 154 Å². The monoisotopic (exact) mass is 378 g/mol. The third-order valence-corrected chi connectivity index (χ3v) is 5.93. The first-order valence-electron chi connectivity index (χ1n) is 8.82. The molecule has 144 valence electrons. The summed E-state index contributed by atoms with van der Waals surface area (Å²) < 4.78 is 18.9. The number of imide groups is 1. The van der Waals surface area contributed by atoms with Gasteiger partial charge in [-0.05, 0) is 25.1 Å². The first kappa shape index (κ1) is 18.0. The largest absolute Gasteiger partial charge is 0.387 e. The Kier molecular flexibility index (Phi) is 4.06. The minimum Gasteiger partial charge on any atom is -0.387 e. The fraction of sp³-hybridized carbons (Fsp3) is 0.500. The van der Waals surface area contributed by atoms with Crippen molar-refractivity contribution in [1.82, 2.24) is 4.90 Å². The molecule has 4 rings (SSSR count). The summed E-state index contributed by atoms with van der Waals surface area (Å²) >= 11 is 0. The quantitative estimate of drug-likeness (QED) is 0.555. The van der Waals surface area contributed by atoms with E-state index in [1.165, 1.54) is 32.2 Å². The lowest BCUT2D eigenvalue weighted by Crippen LogP contribution is -3.00. The molecule has 27 heavy (non-hydrogen) atoms. The number of aliphatic hydroxyl groups is 1. The Morgan fingerprint density at radius 1 is 1.37 bits per heavy atom. The second-order valence-corrected chi connectivity index (χ2v) is 7.32. The van der Waals surface area contributed by atoms with E-state index in [-0.39, 0.29) is 13.2 Å². The maximum atomic E-state index is 14.0. The van der Waals surface area contributed by atoms with Crippen molar-refractivity contribution in [3.05, 3.63) is 29.6 Å². The van der Waals surface area contributed by atoms with Gasteiger partial charge in [-0.3, -0.25) is 19.3 Å². The molecule has 8 nitrogen and oxygen atoms in total. The number of hydrogen-bond donors (Lipinski definition) is 3. The van der Waals surface area contributed by atoms with Crippen molar-refractivity contribution in [1.29, 1.82) is 0 Å². The zero-order chi connectivity index (χ0) is 19.5. The van der Waals surface area contributed by atoms with Crippen molar-refractivity contribution in [3.63, 3.8) is 0 Å². The van der Waals surface area contributed by atoms with E-state index in [0.29, 0.717) is 11.3 Å². The third-order valence-electron chi connectivity index (χ3n) is 5.93. The van der Waals surface area contributed by atoms with Crippen LogP contribution in [0.4, 0.5) is 10.1 Å². The van der Waals surface area contributed by atoms with Crippen LogP contribution in [0.25, 0.3) is 0 Å². The number of halogens is 1. The first-order valence-corrected chi connectivity index (χ1v) is 8.82. The lowest BCUT2D eigenvalue weighted by molar-refractivity contribution is -0.738. The molecule has 0 aliphatic carbocycles. The van der Waals surface area contributed by atoms with Gasteiger partial charge in [0.1, 0.15) is 29.8 Å². The van der Waals surface area contributed by atoms with E-state index in [4.69, 9.17) is 4.74 Å². The van der Waals surface area contributed by atoms with Gasteiger partial charge in [0.2, 0.25) is 17.4 Å². The number of benzene rings is 1. The number of likely N-dealkylation sites (tertiary alicyclic amines) is 1. The van der Waals surface area contributed by atoms with Gasteiger partial charge in [-0.25, -0.2) is 4.39 Å². The van der Waals surface area contributed by atoms with Gasteiger partial charge in [-0.15, -0.1) is 0 Å². The van der Waals surface area contributed by atoms with E-state index < -0.39 is 53.1 Å². The number of hydrogen-bond acceptors (Lipinski definition) is 5. The molecule has 0 unspecified atom stereocenters. The maximum Gasteiger partial charge on any atom is 0.291 e. The summed E-state index contributed by atoms with van der Waals surface area (Å²) in [5, 5.41) is 14.5. The normalized spacial score (nSPS) is 32.8. The zero-order valence-corrected chi connectivity index (χ0v) is 14.9. The third kappa shape index (κ3) is 2.28. The van der Waals surface area contributed by atoms with Gasteiger partial charge in [0.05, 0.1) is 18.8 Å². The number of ether oxygens (including phenoxy) is 1. The Bertz CT molecular complexity index is 844. The Morgan fingerprint density at radius 3 is 2.78 bits per heavy atom. The van der Waals surface area contributed by atoms with Crippen LogP contribution >= 0.6 is 0 Å². The van der Waals surface area contributed by atoms with Crippen LogP contribution in [-0.2, 0) is 24.7 Å². The molecule has 1 aromatic rings. The second-order valence-electron chi connectivity index (χ2n) is 7.32. The molecule has 9 heteroatoms. The fourth-order valence-electron chi connectivity index (χ4n) is 4.76. The Morgan fingerprint density at radius 2 is 2.11 bits per heavy atom. The van der Waals surface area contributed by atoms with Crippen LogP contribution in [0.5, 0.6) is 0 Å². The zero-order valence-electron chi connectivity index (χ0n) is 14.9. The topological polar surface area (TPSA) is 113 Å². The number of anilines is 1. The molecule has 0 radical (unpaired) electrons. The molecule has 2 saturated heterocycles. The van der Waals surface area contributed by atoms with E-state index in [9.17, 15) is 23.9 Å². The lowest BCUT2D eigenvalue weighted by Gasteiger charge is -2.26. The second kappa shape index (κ2) is 6.08. The number of nitrogens with two attached hydrogens (primary N) is 1. The van der Waals surface area contributed by atoms with E-state index in [0.717, 1.165) is 4.90 Å². The van der Waals surface area contributed by atoms with Gasteiger partial charge in [-0.2, -0.15) is 0 Å². The molecule has 3 aliphatic heterocycles. The molecule has 0 bridgehead atoms. The van der Waals surface area contributed by atoms with E-state index in [2.05, 4.69) is 5.32 Å². The summed E-state index contributed by atoms with van der Waals surface area (Å²) in [6.07, 6.45) is -0.943. The van der Waals surface area contributed by atoms with Crippen molar-refractivity contribution in [2.75, 3.05) is 25.6 Å². The number of quaternary nitrogens is 1. The summed E-state index contributed by atoms with van der Waals surface area (Å²) in [6, 6.07) is 3.20. The van der Waals surface area contributed by atoms with Gasteiger partial charge < -0.3 is 20.5 Å². The number of amides is 3. The molecule has 2 fully saturated rings. The first-order chi connectivity index (χ1) is 12.8. The van der Waals surface area contributed by atoms with Crippen molar-refractivity contribution in [2.24, 2.45) is 11.8 Å². The lowest BCUT2D eigenvalue weighted by atomic mass is 9.76. The van der Waals surface area contributed by atoms with Crippen LogP contribution in [0.3, 0.4) is 0 Å². The Balaban J connectivity index is 1.86. The van der Waals surface area contributed by atoms with Crippen LogP contribution < -0.4 is 10.6 Å². The predicted octanol–water partition coefficient (Wildman–Crippen LogP) is -1.45. The molecular weight excluding hydrogens is 357 g/mol. The maximum absolute atomic E-state index is 14.0. The van der Waals surface area contributed by atoms with Crippen LogP contribution in [0.15, 0.2) is 18.2 Å². The number of rotatable bonds is 4. The highest BCUT2D eigenvalue weighted by molar-refractivity contribution is 6.13. The molecule has 3 heterocycles. The average Bonchev–Trinajstić information content (AvgIpc) is 3.20. The summed E-state index contributed by atoms with van der Waals surface area (Å²) in [6.45, 7) is 1.76. The van der Waals surface area contributed by atoms with Gasteiger partial charge in [0, 0.05) is 12.7 Å². The Hall–Kier alpha value is -2.36. The molecule has 5 atom stereocenters. The van der Waals surface area contributed by atoms with Crippen molar-refractivity contribution in [2.45, 2.75) is 24.6 Å². The number of nitrogens with one attached hydrogen (secondary N) is 1. The van der Waals surface area contributed by atoms with Gasteiger partial charge in [0.25, 0.3) is 5.91 Å². The SMILES string of the molecule is COCCN1C(=O)[C@@H]2[C@H]([C@H](C)O)[NH2+][C@]3(C(=O)Nc4ccc(F)cc43)[C@@H]2C1=O. The summed E-state index contributed by atoms with van der Waals surface area (Å²) in [5.74, 6) is -3.81. The van der Waals surface area contributed by atoms with Crippen molar-refractivity contribution < 1.29 is 33.9 Å². The fourth-order valence-corrected chi connectivity index (χ4v) is 4.76. The number of nitrogens with zero attached hydrogens (tertiary/aromatic N) is 1. The number of carbonyl (C=O) groups is 3. The number of aliphatic hydroxyl groups excluding tert-OH is 1. The molecular formula is C18H21FN3O5+. The average molecular weight is 378 g/mol. The number of fused-ring (bicyclic) bond motifs is 4. The molecule has 1 spiro atoms. The summed E-state index contributed by atoms with van der Waals surface area (Å²) in [4.78, 5) is 40.2. The molecule has 3 amide bonds. The summed E-state index contributed by atoms with van der Waals surface area (Å²) in [5.41, 5.74) is -0.725. The molecule has 3 aliphatic rings. The smallest absolute Gasteiger partial charge is 0.291 e. The highest BCUT2D eigenvalue weighted by atomic mass is 19.1. The highest BCUT2D eigenvalue weighted by Crippen LogP contribution is 2.49. The minimum atomic E-state index is -1.47. The van der Waals surface area contributed by atoms with E-state index in [1.54, 1.807) is 5.32 Å². The number of methoxy groups -OCH3 is 1. The van der Waals surface area contributed by atoms with Gasteiger partial charge in [-0.1, -0.05) is 0 Å². The summed E-state index contributed by atoms with van der Waals surface area (Å²) in [7, 11) is 1.46. The van der Waals surface area contributed by atoms with Gasteiger partial charge >= 0.3 is 0 Å². The predicted molar refractivity (Wildman–Crippen MR) is 89.7 cm³/mol. The molecule has 4 N–H and O–H groups in total. The number of carbonyl (C=O) groups excluding carboxylic acids is 3. The van der Waals surface area contributed by atoms with Gasteiger partial charge in [0.15, 0.2) is 0 Å². The molecule has 0 aromatic heterocycles.